The largest absolute Gasteiger partial charge is 0.390 e. The van der Waals surface area contributed by atoms with Crippen LogP contribution in [-0.4, -0.2) is 23.8 Å². The Labute approximate surface area is 116 Å². The van der Waals surface area contributed by atoms with Crippen molar-refractivity contribution in [2.45, 2.75) is 56.0 Å². The van der Waals surface area contributed by atoms with Gasteiger partial charge in [0.25, 0.3) is 0 Å². The van der Waals surface area contributed by atoms with E-state index in [0.29, 0.717) is 0 Å². The molecule has 2 nitrogen and oxygen atoms in total. The zero-order valence-corrected chi connectivity index (χ0v) is 11.7. The summed E-state index contributed by atoms with van der Waals surface area (Å²) in [6.45, 7) is 1.92. The van der Waals surface area contributed by atoms with Crippen LogP contribution in [0.4, 0.5) is 0 Å². The first-order valence-electron chi connectivity index (χ1n) is 7.71. The fraction of sp³-hybridized carbons (Fsp3) is 0.647. The van der Waals surface area contributed by atoms with Crippen LogP contribution in [0.25, 0.3) is 0 Å². The normalized spacial score (nSPS) is 25.3. The zero-order chi connectivity index (χ0) is 13.2. The quantitative estimate of drug-likeness (QED) is 0.874. The van der Waals surface area contributed by atoms with Gasteiger partial charge in [0.2, 0.25) is 0 Å². The van der Waals surface area contributed by atoms with Crippen LogP contribution in [0.5, 0.6) is 0 Å². The van der Waals surface area contributed by atoms with Crippen LogP contribution < -0.4 is 5.32 Å². The first kappa shape index (κ1) is 13.1. The van der Waals surface area contributed by atoms with Gasteiger partial charge in [-0.25, -0.2) is 0 Å². The van der Waals surface area contributed by atoms with Crippen molar-refractivity contribution in [2.24, 2.45) is 0 Å². The van der Waals surface area contributed by atoms with E-state index in [2.05, 4.69) is 35.6 Å². The summed E-state index contributed by atoms with van der Waals surface area (Å²) in [5.41, 5.74) is 1.22. The molecule has 0 bridgehead atoms. The molecule has 0 atom stereocenters. The van der Waals surface area contributed by atoms with Crippen LogP contribution in [0.3, 0.4) is 0 Å². The molecular formula is C17H25NO. The fourth-order valence-corrected chi connectivity index (χ4v) is 4.11. The second kappa shape index (κ2) is 5.26. The van der Waals surface area contributed by atoms with Gasteiger partial charge in [0.15, 0.2) is 0 Å². The fourth-order valence-electron chi connectivity index (χ4n) is 4.11. The highest BCUT2D eigenvalue weighted by Crippen LogP contribution is 2.47. The third kappa shape index (κ3) is 2.70. The Bertz CT molecular complexity index is 403. The number of piperidine rings is 1. The summed E-state index contributed by atoms with van der Waals surface area (Å²) >= 11 is 0. The molecule has 0 aromatic heterocycles. The summed E-state index contributed by atoms with van der Waals surface area (Å²) in [4.78, 5) is 0. The Morgan fingerprint density at radius 2 is 1.58 bits per heavy atom. The molecule has 1 aliphatic heterocycles. The minimum atomic E-state index is -0.453. The molecule has 0 spiro atoms. The van der Waals surface area contributed by atoms with E-state index in [9.17, 15) is 5.11 Å². The Morgan fingerprint density at radius 3 is 2.21 bits per heavy atom. The lowest BCUT2D eigenvalue weighted by molar-refractivity contribution is -0.0178. The maximum atomic E-state index is 10.9. The van der Waals surface area contributed by atoms with E-state index in [1.165, 1.54) is 31.2 Å². The number of hydrogen-bond donors (Lipinski definition) is 2. The predicted octanol–water partition coefficient (Wildman–Crippen LogP) is 3.00. The third-order valence-corrected chi connectivity index (χ3v) is 5.15. The lowest BCUT2D eigenvalue weighted by atomic mass is 9.69. The molecule has 1 aromatic rings. The molecule has 104 valence electrons. The molecule has 1 saturated heterocycles. The topological polar surface area (TPSA) is 32.3 Å². The van der Waals surface area contributed by atoms with E-state index in [-0.39, 0.29) is 5.41 Å². The maximum Gasteiger partial charge on any atom is 0.0680 e. The second-order valence-electron chi connectivity index (χ2n) is 6.50. The highest BCUT2D eigenvalue weighted by molar-refractivity contribution is 5.27. The lowest BCUT2D eigenvalue weighted by Crippen LogP contribution is -2.46. The van der Waals surface area contributed by atoms with Gasteiger partial charge in [-0.2, -0.15) is 0 Å². The van der Waals surface area contributed by atoms with E-state index in [0.717, 1.165) is 32.4 Å². The number of aliphatic hydroxyl groups is 1. The predicted molar refractivity (Wildman–Crippen MR) is 78.3 cm³/mol. The first-order chi connectivity index (χ1) is 9.23. The highest BCUT2D eigenvalue weighted by Gasteiger charge is 2.43. The van der Waals surface area contributed by atoms with Gasteiger partial charge in [0.05, 0.1) is 5.60 Å². The molecule has 1 heterocycles. The Morgan fingerprint density at radius 1 is 0.947 bits per heavy atom. The van der Waals surface area contributed by atoms with Crippen molar-refractivity contribution in [3.8, 4) is 0 Å². The van der Waals surface area contributed by atoms with Gasteiger partial charge in [-0.1, -0.05) is 43.2 Å². The van der Waals surface area contributed by atoms with Crippen LogP contribution in [0, 0.1) is 0 Å². The molecule has 0 unspecified atom stereocenters. The van der Waals surface area contributed by atoms with Gasteiger partial charge >= 0.3 is 0 Å². The van der Waals surface area contributed by atoms with Gasteiger partial charge < -0.3 is 10.4 Å². The summed E-state index contributed by atoms with van der Waals surface area (Å²) in [5.74, 6) is 0. The van der Waals surface area contributed by atoms with Gasteiger partial charge in [-0.15, -0.1) is 0 Å². The Balaban J connectivity index is 1.85. The summed E-state index contributed by atoms with van der Waals surface area (Å²) in [6.07, 6.45) is 7.86. The van der Waals surface area contributed by atoms with E-state index in [1.54, 1.807) is 0 Å². The minimum Gasteiger partial charge on any atom is -0.390 e. The molecule has 3 rings (SSSR count). The molecule has 1 aromatic carbocycles. The number of benzene rings is 1. The van der Waals surface area contributed by atoms with Crippen molar-refractivity contribution in [3.63, 3.8) is 0 Å². The van der Waals surface area contributed by atoms with Gasteiger partial charge in [0.1, 0.15) is 0 Å². The van der Waals surface area contributed by atoms with E-state index in [1.807, 2.05) is 0 Å². The smallest absolute Gasteiger partial charge is 0.0680 e. The van der Waals surface area contributed by atoms with Crippen molar-refractivity contribution >= 4 is 0 Å². The molecular weight excluding hydrogens is 234 g/mol. The summed E-state index contributed by atoms with van der Waals surface area (Å²) in [6, 6.07) is 10.9. The molecule has 19 heavy (non-hydrogen) atoms. The molecule has 0 amide bonds. The molecule has 2 aliphatic rings. The van der Waals surface area contributed by atoms with Gasteiger partial charge in [-0.3, -0.25) is 0 Å². The van der Waals surface area contributed by atoms with Crippen molar-refractivity contribution in [3.05, 3.63) is 35.9 Å². The minimum absolute atomic E-state index is 0.230. The molecule has 2 fully saturated rings. The molecule has 2 N–H and O–H groups in total. The highest BCUT2D eigenvalue weighted by atomic mass is 16.3. The number of rotatable bonds is 3. The summed E-state index contributed by atoms with van der Waals surface area (Å²) in [7, 11) is 0. The number of nitrogens with one attached hydrogen (secondary N) is 1. The Kier molecular flexibility index (Phi) is 3.64. The van der Waals surface area contributed by atoms with Crippen LogP contribution in [0.1, 0.15) is 50.5 Å². The van der Waals surface area contributed by atoms with Gasteiger partial charge in [-0.05, 0) is 56.2 Å². The molecule has 2 heteroatoms. The average Bonchev–Trinajstić information content (AvgIpc) is 2.90. The second-order valence-corrected chi connectivity index (χ2v) is 6.50. The van der Waals surface area contributed by atoms with E-state index < -0.39 is 5.60 Å². The first-order valence-corrected chi connectivity index (χ1v) is 7.71. The molecule has 1 saturated carbocycles. The Hall–Kier alpha value is -0.860. The lowest BCUT2D eigenvalue weighted by Gasteiger charge is -2.41. The standard InChI is InChI=1S/C17H25NO/c19-17(10-12-18-13-11-17)14-16(8-4-5-9-16)15-6-2-1-3-7-15/h1-3,6-7,18-19H,4-5,8-14H2. The van der Waals surface area contributed by atoms with Crippen LogP contribution in [-0.2, 0) is 5.41 Å². The SMILES string of the molecule is OC1(CC2(c3ccccc3)CCCC2)CCNCC1. The maximum absolute atomic E-state index is 10.9. The van der Waals surface area contributed by atoms with E-state index >= 15 is 0 Å². The number of hydrogen-bond acceptors (Lipinski definition) is 2. The summed E-state index contributed by atoms with van der Waals surface area (Å²) in [5, 5.41) is 14.3. The summed E-state index contributed by atoms with van der Waals surface area (Å²) < 4.78 is 0. The molecule has 0 radical (unpaired) electrons. The van der Waals surface area contributed by atoms with Crippen LogP contribution >= 0.6 is 0 Å². The van der Waals surface area contributed by atoms with Crippen molar-refractivity contribution in [1.82, 2.24) is 5.32 Å². The monoisotopic (exact) mass is 259 g/mol. The molecule has 1 aliphatic carbocycles. The van der Waals surface area contributed by atoms with Crippen molar-refractivity contribution < 1.29 is 5.11 Å². The van der Waals surface area contributed by atoms with Crippen LogP contribution in [0.2, 0.25) is 0 Å². The van der Waals surface area contributed by atoms with E-state index in [4.69, 9.17) is 0 Å². The van der Waals surface area contributed by atoms with Crippen LogP contribution in [0.15, 0.2) is 30.3 Å². The van der Waals surface area contributed by atoms with Crippen molar-refractivity contribution in [1.29, 1.82) is 0 Å². The third-order valence-electron chi connectivity index (χ3n) is 5.15. The average molecular weight is 259 g/mol. The van der Waals surface area contributed by atoms with Gasteiger partial charge in [0, 0.05) is 0 Å². The van der Waals surface area contributed by atoms with Crippen molar-refractivity contribution in [2.75, 3.05) is 13.1 Å². The zero-order valence-electron chi connectivity index (χ0n) is 11.7.